The molecule has 0 radical (unpaired) electrons. The van der Waals surface area contributed by atoms with Crippen molar-refractivity contribution in [3.63, 3.8) is 0 Å². The lowest BCUT2D eigenvalue weighted by molar-refractivity contribution is 0.0950. The number of nitrogens with one attached hydrogen (secondary N) is 1. The van der Waals surface area contributed by atoms with Crippen molar-refractivity contribution < 1.29 is 14.3 Å². The summed E-state index contributed by atoms with van der Waals surface area (Å²) in [5, 5.41) is 16.0. The number of pyridine rings is 1. The molecular weight excluding hydrogens is 477 g/mol. The Kier molecular flexibility index (Phi) is 5.89. The number of anilines is 1. The predicted molar refractivity (Wildman–Crippen MR) is 147 cm³/mol. The van der Waals surface area contributed by atoms with Gasteiger partial charge in [0.15, 0.2) is 0 Å². The highest BCUT2D eigenvalue weighted by Crippen LogP contribution is 2.43. The molecule has 0 spiro atoms. The van der Waals surface area contributed by atoms with E-state index in [1.807, 2.05) is 61.5 Å². The van der Waals surface area contributed by atoms with Crippen molar-refractivity contribution >= 4 is 22.5 Å². The van der Waals surface area contributed by atoms with E-state index in [-0.39, 0.29) is 17.6 Å². The van der Waals surface area contributed by atoms with Crippen LogP contribution in [0.3, 0.4) is 0 Å². The third-order valence-corrected chi connectivity index (χ3v) is 7.51. The highest BCUT2D eigenvalue weighted by Gasteiger charge is 2.30. The van der Waals surface area contributed by atoms with Crippen molar-refractivity contribution in [3.05, 3.63) is 130 Å². The van der Waals surface area contributed by atoms with Crippen LogP contribution in [0.25, 0.3) is 21.9 Å². The molecule has 6 heteroatoms. The first-order valence-electron chi connectivity index (χ1n) is 12.5. The SMILES string of the molecule is C[C@H]1c2cc(C(=O)NCc3cccc4c(N)nccc34)ccc2[C@@H](O)c2ccc(-c3ccccc3F)cc21. The highest BCUT2D eigenvalue weighted by molar-refractivity contribution is 5.96. The van der Waals surface area contributed by atoms with Gasteiger partial charge in [-0.15, -0.1) is 0 Å². The summed E-state index contributed by atoms with van der Waals surface area (Å²) in [6.45, 7) is 2.38. The fourth-order valence-corrected chi connectivity index (χ4v) is 5.46. The minimum absolute atomic E-state index is 0.0867. The van der Waals surface area contributed by atoms with E-state index >= 15 is 0 Å². The van der Waals surface area contributed by atoms with Gasteiger partial charge >= 0.3 is 0 Å². The Morgan fingerprint density at radius 2 is 1.68 bits per heavy atom. The third-order valence-electron chi connectivity index (χ3n) is 7.51. The Bertz CT molecular complexity index is 1720. The zero-order chi connectivity index (χ0) is 26.4. The van der Waals surface area contributed by atoms with Crippen molar-refractivity contribution in [3.8, 4) is 11.1 Å². The topological polar surface area (TPSA) is 88.2 Å². The maximum Gasteiger partial charge on any atom is 0.251 e. The lowest BCUT2D eigenvalue weighted by Crippen LogP contribution is -2.24. The van der Waals surface area contributed by atoms with Gasteiger partial charge in [-0.05, 0) is 63.0 Å². The third kappa shape index (κ3) is 3.99. The number of benzene rings is 4. The fourth-order valence-electron chi connectivity index (χ4n) is 5.46. The fraction of sp³-hybridized carbons (Fsp3) is 0.125. The van der Waals surface area contributed by atoms with E-state index in [1.165, 1.54) is 6.07 Å². The number of aromatic nitrogens is 1. The summed E-state index contributed by atoms with van der Waals surface area (Å²) in [4.78, 5) is 17.3. The molecule has 1 aromatic heterocycles. The molecule has 5 aromatic rings. The first-order valence-corrected chi connectivity index (χ1v) is 12.5. The van der Waals surface area contributed by atoms with E-state index in [4.69, 9.17) is 5.73 Å². The van der Waals surface area contributed by atoms with Gasteiger partial charge in [0.25, 0.3) is 5.91 Å². The second-order valence-corrected chi connectivity index (χ2v) is 9.68. The van der Waals surface area contributed by atoms with Crippen LogP contribution < -0.4 is 11.1 Å². The van der Waals surface area contributed by atoms with Crippen molar-refractivity contribution in [2.24, 2.45) is 0 Å². The van der Waals surface area contributed by atoms with Crippen LogP contribution in [0.5, 0.6) is 0 Å². The minimum atomic E-state index is -0.822. The molecule has 0 aliphatic heterocycles. The summed E-state index contributed by atoms with van der Waals surface area (Å²) in [5.74, 6) is -0.131. The lowest BCUT2D eigenvalue weighted by Gasteiger charge is -2.30. The molecule has 0 saturated carbocycles. The average molecular weight is 504 g/mol. The molecule has 1 heterocycles. The van der Waals surface area contributed by atoms with Gasteiger partial charge in [-0.2, -0.15) is 0 Å². The maximum atomic E-state index is 14.5. The molecule has 6 rings (SSSR count). The molecule has 1 aliphatic carbocycles. The van der Waals surface area contributed by atoms with Crippen LogP contribution in [0.15, 0.2) is 91.1 Å². The van der Waals surface area contributed by atoms with Gasteiger partial charge < -0.3 is 16.2 Å². The number of carbonyl (C=O) groups is 1. The second kappa shape index (κ2) is 9.39. The molecule has 0 saturated heterocycles. The number of fused-ring (bicyclic) bond motifs is 3. The molecule has 0 unspecified atom stereocenters. The quantitative estimate of drug-likeness (QED) is 0.277. The number of amides is 1. The molecule has 0 bridgehead atoms. The largest absolute Gasteiger partial charge is 0.384 e. The van der Waals surface area contributed by atoms with Gasteiger partial charge in [-0.25, -0.2) is 9.37 Å². The van der Waals surface area contributed by atoms with Gasteiger partial charge in [-0.3, -0.25) is 4.79 Å². The van der Waals surface area contributed by atoms with Gasteiger partial charge in [0.2, 0.25) is 0 Å². The smallest absolute Gasteiger partial charge is 0.251 e. The van der Waals surface area contributed by atoms with Crippen molar-refractivity contribution in [2.45, 2.75) is 25.5 Å². The lowest BCUT2D eigenvalue weighted by atomic mass is 9.76. The molecule has 5 nitrogen and oxygen atoms in total. The number of nitrogens with zero attached hydrogens (tertiary/aromatic N) is 1. The van der Waals surface area contributed by atoms with E-state index in [9.17, 15) is 14.3 Å². The summed E-state index contributed by atoms with van der Waals surface area (Å²) < 4.78 is 14.5. The molecule has 38 heavy (non-hydrogen) atoms. The minimum Gasteiger partial charge on any atom is -0.384 e. The predicted octanol–water partition coefficient (Wildman–Crippen LogP) is 6.10. The van der Waals surface area contributed by atoms with Crippen LogP contribution in [0.1, 0.15) is 57.1 Å². The van der Waals surface area contributed by atoms with Crippen LogP contribution in [0.2, 0.25) is 0 Å². The van der Waals surface area contributed by atoms with Gasteiger partial charge in [0, 0.05) is 35.2 Å². The van der Waals surface area contributed by atoms with E-state index in [1.54, 1.807) is 30.5 Å². The molecule has 1 aliphatic rings. The highest BCUT2D eigenvalue weighted by atomic mass is 19.1. The standard InChI is InChI=1S/C32H26FN3O2/c1-18-27-15-19(23-6-2-3-8-29(23)33)9-11-24(27)30(37)25-12-10-20(16-28(18)25)32(38)36-17-21-5-4-7-26-22(21)13-14-35-31(26)34/h2-16,18,30,37H,17H2,1H3,(H2,34,35)(H,36,38)/t18-,30+/m1/s1. The summed E-state index contributed by atoms with van der Waals surface area (Å²) in [6.07, 6.45) is 0.840. The Balaban J connectivity index is 1.29. The Labute approximate surface area is 219 Å². The molecule has 1 amide bonds. The van der Waals surface area contributed by atoms with E-state index in [0.29, 0.717) is 23.5 Å². The first-order chi connectivity index (χ1) is 18.4. The molecular formula is C32H26FN3O2. The van der Waals surface area contributed by atoms with Gasteiger partial charge in [0.1, 0.15) is 17.7 Å². The zero-order valence-electron chi connectivity index (χ0n) is 20.8. The summed E-state index contributed by atoms with van der Waals surface area (Å²) in [7, 11) is 0. The molecule has 4 N–H and O–H groups in total. The van der Waals surface area contributed by atoms with Gasteiger partial charge in [-0.1, -0.05) is 67.6 Å². The Morgan fingerprint density at radius 3 is 2.50 bits per heavy atom. The number of halogens is 1. The first kappa shape index (κ1) is 23.8. The van der Waals surface area contributed by atoms with Crippen LogP contribution in [0, 0.1) is 5.82 Å². The number of hydrogen-bond acceptors (Lipinski definition) is 4. The monoisotopic (exact) mass is 503 g/mol. The Hall–Kier alpha value is -4.55. The van der Waals surface area contributed by atoms with Crippen LogP contribution in [-0.2, 0) is 6.54 Å². The molecule has 4 aromatic carbocycles. The average Bonchev–Trinajstić information content (AvgIpc) is 2.94. The van der Waals surface area contributed by atoms with Crippen molar-refractivity contribution in [1.82, 2.24) is 10.3 Å². The number of nitrogens with two attached hydrogens (primary N) is 1. The van der Waals surface area contributed by atoms with E-state index in [0.717, 1.165) is 44.2 Å². The number of rotatable bonds is 4. The normalized spacial score (nSPS) is 16.1. The van der Waals surface area contributed by atoms with Crippen molar-refractivity contribution in [1.29, 1.82) is 0 Å². The van der Waals surface area contributed by atoms with Crippen LogP contribution in [0.4, 0.5) is 10.2 Å². The van der Waals surface area contributed by atoms with E-state index < -0.39 is 6.10 Å². The zero-order valence-corrected chi connectivity index (χ0v) is 20.8. The summed E-state index contributed by atoms with van der Waals surface area (Å²) >= 11 is 0. The maximum absolute atomic E-state index is 14.5. The van der Waals surface area contributed by atoms with Crippen molar-refractivity contribution in [2.75, 3.05) is 5.73 Å². The summed E-state index contributed by atoms with van der Waals surface area (Å²) in [6, 6.07) is 25.4. The van der Waals surface area contributed by atoms with Gasteiger partial charge in [0.05, 0.1) is 0 Å². The van der Waals surface area contributed by atoms with Crippen LogP contribution >= 0.6 is 0 Å². The molecule has 188 valence electrons. The van der Waals surface area contributed by atoms with Crippen LogP contribution in [-0.4, -0.2) is 16.0 Å². The number of aliphatic hydroxyl groups is 1. The summed E-state index contributed by atoms with van der Waals surface area (Å²) in [5.41, 5.74) is 12.1. The molecule has 0 fully saturated rings. The number of aliphatic hydroxyl groups excluding tert-OH is 1. The van der Waals surface area contributed by atoms with E-state index in [2.05, 4.69) is 10.3 Å². The molecule has 2 atom stereocenters. The number of hydrogen-bond donors (Lipinski definition) is 3. The number of carbonyl (C=O) groups excluding carboxylic acids is 1. The Morgan fingerprint density at radius 1 is 0.921 bits per heavy atom. The second-order valence-electron chi connectivity index (χ2n) is 9.68. The number of nitrogen functional groups attached to an aromatic ring is 1.